The van der Waals surface area contributed by atoms with Gasteiger partial charge in [-0.3, -0.25) is 14.5 Å². The lowest BCUT2D eigenvalue weighted by Gasteiger charge is -2.45. The second kappa shape index (κ2) is 6.46. The van der Waals surface area contributed by atoms with E-state index in [1.165, 1.54) is 31.5 Å². The number of hydrogen-bond donors (Lipinski definition) is 1. The van der Waals surface area contributed by atoms with Crippen molar-refractivity contribution in [3.05, 3.63) is 18.0 Å². The fraction of sp³-hybridized carbons (Fsp3) is 0.812. The van der Waals surface area contributed by atoms with E-state index in [1.807, 2.05) is 6.20 Å². The lowest BCUT2D eigenvalue weighted by Crippen LogP contribution is -2.56. The highest BCUT2D eigenvalue weighted by Gasteiger charge is 2.37. The van der Waals surface area contributed by atoms with Crippen LogP contribution in [-0.2, 0) is 6.54 Å². The zero-order valence-electron chi connectivity index (χ0n) is 13.4. The Kier molecular flexibility index (Phi) is 4.62. The Morgan fingerprint density at radius 2 is 2.29 bits per heavy atom. The number of fused-ring (bicyclic) bond motifs is 1. The Hall–Kier alpha value is -0.910. The van der Waals surface area contributed by atoms with E-state index in [0.717, 1.165) is 25.6 Å². The number of nitrogens with zero attached hydrogens (tertiary/aromatic N) is 4. The van der Waals surface area contributed by atoms with Crippen LogP contribution >= 0.6 is 0 Å². The molecule has 0 aliphatic carbocycles. The predicted molar refractivity (Wildman–Crippen MR) is 85.1 cm³/mol. The average Bonchev–Trinajstić information content (AvgIpc) is 3.09. The number of aryl methyl sites for hydroxylation is 1. The molecule has 2 N–H and O–H groups in total. The van der Waals surface area contributed by atoms with Gasteiger partial charge in [0.2, 0.25) is 0 Å². The lowest BCUT2D eigenvalue weighted by molar-refractivity contribution is 0.0296. The van der Waals surface area contributed by atoms with Gasteiger partial charge in [0.25, 0.3) is 0 Å². The largest absolute Gasteiger partial charge is 0.329 e. The minimum Gasteiger partial charge on any atom is -0.329 e. The van der Waals surface area contributed by atoms with Gasteiger partial charge in [-0.15, -0.1) is 0 Å². The van der Waals surface area contributed by atoms with Crippen molar-refractivity contribution in [2.45, 2.75) is 57.8 Å². The molecular formula is C16H29N5. The summed E-state index contributed by atoms with van der Waals surface area (Å²) in [6.45, 7) is 9.81. The van der Waals surface area contributed by atoms with Gasteiger partial charge in [-0.25, -0.2) is 0 Å². The number of nitrogens with two attached hydrogens (primary N) is 1. The summed E-state index contributed by atoms with van der Waals surface area (Å²) in [4.78, 5) is 5.27. The van der Waals surface area contributed by atoms with Crippen molar-refractivity contribution in [3.63, 3.8) is 0 Å². The van der Waals surface area contributed by atoms with Gasteiger partial charge < -0.3 is 5.73 Å². The zero-order chi connectivity index (χ0) is 14.8. The van der Waals surface area contributed by atoms with Crippen LogP contribution in [0.5, 0.6) is 0 Å². The minimum absolute atomic E-state index is 0.313. The molecule has 2 aliphatic heterocycles. The predicted octanol–water partition coefficient (Wildman–Crippen LogP) is 1.46. The van der Waals surface area contributed by atoms with Crippen LogP contribution in [-0.4, -0.2) is 57.8 Å². The van der Waals surface area contributed by atoms with Gasteiger partial charge in [-0.05, 0) is 32.7 Å². The van der Waals surface area contributed by atoms with Crippen molar-refractivity contribution in [2.24, 2.45) is 5.73 Å². The van der Waals surface area contributed by atoms with Crippen LogP contribution in [0.2, 0.25) is 0 Å². The maximum atomic E-state index is 6.13. The quantitative estimate of drug-likeness (QED) is 0.892. The first-order valence-corrected chi connectivity index (χ1v) is 8.45. The van der Waals surface area contributed by atoms with Crippen LogP contribution in [0.4, 0.5) is 0 Å². The summed E-state index contributed by atoms with van der Waals surface area (Å²) in [5.74, 6) is 0. The van der Waals surface area contributed by atoms with Gasteiger partial charge in [0.15, 0.2) is 0 Å². The summed E-state index contributed by atoms with van der Waals surface area (Å²) in [6.07, 6.45) is 8.02. The molecule has 3 unspecified atom stereocenters. The van der Waals surface area contributed by atoms with Gasteiger partial charge in [0.1, 0.15) is 0 Å². The van der Waals surface area contributed by atoms with Crippen LogP contribution in [0.3, 0.4) is 0 Å². The molecule has 0 radical (unpaired) electrons. The van der Waals surface area contributed by atoms with E-state index in [4.69, 9.17) is 5.73 Å². The van der Waals surface area contributed by atoms with Gasteiger partial charge in [-0.2, -0.15) is 5.10 Å². The van der Waals surface area contributed by atoms with Crippen molar-refractivity contribution < 1.29 is 0 Å². The third-order valence-electron chi connectivity index (χ3n) is 5.10. The Balaban J connectivity index is 1.74. The Labute approximate surface area is 128 Å². The van der Waals surface area contributed by atoms with E-state index in [0.29, 0.717) is 18.6 Å². The smallest absolute Gasteiger partial charge is 0.0538 e. The molecule has 2 saturated heterocycles. The molecule has 2 fully saturated rings. The molecule has 3 atom stereocenters. The zero-order valence-corrected chi connectivity index (χ0v) is 13.4. The van der Waals surface area contributed by atoms with Gasteiger partial charge in [0.05, 0.1) is 12.2 Å². The maximum absolute atomic E-state index is 6.13. The van der Waals surface area contributed by atoms with E-state index >= 15 is 0 Å². The molecular weight excluding hydrogens is 262 g/mol. The van der Waals surface area contributed by atoms with E-state index in [-0.39, 0.29) is 0 Å². The summed E-state index contributed by atoms with van der Waals surface area (Å²) >= 11 is 0. The highest BCUT2D eigenvalue weighted by molar-refractivity contribution is 5.13. The summed E-state index contributed by atoms with van der Waals surface area (Å²) in [5.41, 5.74) is 7.41. The monoisotopic (exact) mass is 291 g/mol. The fourth-order valence-electron chi connectivity index (χ4n) is 4.01. The SMILES string of the molecule is CCCn1cc(C(CN)N2CC3CCCN3CC2C)cn1. The highest BCUT2D eigenvalue weighted by atomic mass is 15.3. The molecule has 0 aromatic carbocycles. The van der Waals surface area contributed by atoms with Gasteiger partial charge >= 0.3 is 0 Å². The van der Waals surface area contributed by atoms with Gasteiger partial charge in [0, 0.05) is 50.0 Å². The maximum Gasteiger partial charge on any atom is 0.0538 e. The van der Waals surface area contributed by atoms with Crippen LogP contribution in [0.1, 0.15) is 44.7 Å². The molecule has 0 saturated carbocycles. The second-order valence-corrected chi connectivity index (χ2v) is 6.63. The third-order valence-corrected chi connectivity index (χ3v) is 5.10. The number of aromatic nitrogens is 2. The lowest BCUT2D eigenvalue weighted by atomic mass is 10.0. The van der Waals surface area contributed by atoms with Crippen molar-refractivity contribution in [1.29, 1.82) is 0 Å². The van der Waals surface area contributed by atoms with Crippen molar-refractivity contribution >= 4 is 0 Å². The van der Waals surface area contributed by atoms with Crippen LogP contribution in [0.25, 0.3) is 0 Å². The molecule has 1 aromatic rings. The normalized spacial score (nSPS) is 28.7. The average molecular weight is 291 g/mol. The first-order chi connectivity index (χ1) is 10.2. The number of piperazine rings is 1. The highest BCUT2D eigenvalue weighted by Crippen LogP contribution is 2.30. The Morgan fingerprint density at radius 1 is 1.43 bits per heavy atom. The van der Waals surface area contributed by atoms with Crippen molar-refractivity contribution in [3.8, 4) is 0 Å². The second-order valence-electron chi connectivity index (χ2n) is 6.63. The molecule has 3 heterocycles. The van der Waals surface area contributed by atoms with E-state index < -0.39 is 0 Å². The first kappa shape index (κ1) is 15.0. The fourth-order valence-corrected chi connectivity index (χ4v) is 4.01. The van der Waals surface area contributed by atoms with Crippen LogP contribution in [0, 0.1) is 0 Å². The molecule has 118 valence electrons. The first-order valence-electron chi connectivity index (χ1n) is 8.45. The molecule has 3 rings (SSSR count). The summed E-state index contributed by atoms with van der Waals surface area (Å²) in [7, 11) is 0. The third kappa shape index (κ3) is 3.00. The molecule has 21 heavy (non-hydrogen) atoms. The van der Waals surface area contributed by atoms with E-state index in [9.17, 15) is 0 Å². The standard InChI is InChI=1S/C16H29N5/c1-3-6-20-11-14(9-18-20)16(8-17)21-12-15-5-4-7-19(15)10-13(21)2/h9,11,13,15-16H,3-8,10,12,17H2,1-2H3. The molecule has 1 aromatic heterocycles. The van der Waals surface area contributed by atoms with Crippen LogP contribution < -0.4 is 5.73 Å². The summed E-state index contributed by atoms with van der Waals surface area (Å²) < 4.78 is 2.05. The number of hydrogen-bond acceptors (Lipinski definition) is 4. The molecule has 0 amide bonds. The van der Waals surface area contributed by atoms with Crippen molar-refractivity contribution in [2.75, 3.05) is 26.2 Å². The molecule has 2 aliphatic rings. The van der Waals surface area contributed by atoms with Crippen LogP contribution in [0.15, 0.2) is 12.4 Å². The molecule has 0 spiro atoms. The topological polar surface area (TPSA) is 50.3 Å². The Morgan fingerprint density at radius 3 is 3.05 bits per heavy atom. The number of rotatable bonds is 5. The van der Waals surface area contributed by atoms with E-state index in [1.54, 1.807) is 0 Å². The van der Waals surface area contributed by atoms with E-state index in [2.05, 4.69) is 39.6 Å². The minimum atomic E-state index is 0.313. The molecule has 5 heteroatoms. The Bertz CT molecular complexity index is 457. The summed E-state index contributed by atoms with van der Waals surface area (Å²) in [5, 5.41) is 4.49. The van der Waals surface area contributed by atoms with Gasteiger partial charge in [-0.1, -0.05) is 6.92 Å². The molecule has 5 nitrogen and oxygen atoms in total. The van der Waals surface area contributed by atoms with Crippen molar-refractivity contribution in [1.82, 2.24) is 19.6 Å². The molecule has 0 bridgehead atoms. The summed E-state index contributed by atoms with van der Waals surface area (Å²) in [6, 6.07) is 1.62.